The van der Waals surface area contributed by atoms with Gasteiger partial charge in [0, 0.05) is 10.5 Å². The Balaban J connectivity index is 2.21. The maximum absolute atomic E-state index is 13.5. The molecule has 0 heterocycles. The fourth-order valence-corrected chi connectivity index (χ4v) is 1.69. The maximum atomic E-state index is 13.5. The molecular weight excluding hydrogens is 249 g/mol. The van der Waals surface area contributed by atoms with E-state index < -0.39 is 5.82 Å². The molecule has 0 aliphatic heterocycles. The largest absolute Gasteiger partial charge is 0.319 e. The Kier molecular flexibility index (Phi) is 3.67. The van der Waals surface area contributed by atoms with Crippen LogP contribution in [0.25, 0.3) is 0 Å². The Hall–Kier alpha value is -1.81. The first-order valence-electron chi connectivity index (χ1n) is 5.43. The molecule has 4 heteroatoms. The van der Waals surface area contributed by atoms with Crippen LogP contribution in [0.4, 0.5) is 10.1 Å². The van der Waals surface area contributed by atoms with Gasteiger partial charge < -0.3 is 5.32 Å². The molecule has 0 aliphatic rings. The zero-order valence-corrected chi connectivity index (χ0v) is 10.7. The third-order valence-corrected chi connectivity index (χ3v) is 2.80. The van der Waals surface area contributed by atoms with Crippen LogP contribution in [-0.2, 0) is 0 Å². The summed E-state index contributed by atoms with van der Waals surface area (Å²) in [5, 5.41) is 2.55. The van der Waals surface area contributed by atoms with Gasteiger partial charge in [-0.15, -0.1) is 12.6 Å². The molecular formula is C14H12FNOS. The summed E-state index contributed by atoms with van der Waals surface area (Å²) in [6.45, 7) is 1.84. The van der Waals surface area contributed by atoms with Crippen molar-refractivity contribution in [3.63, 3.8) is 0 Å². The van der Waals surface area contributed by atoms with E-state index in [1.807, 2.05) is 6.92 Å². The summed E-state index contributed by atoms with van der Waals surface area (Å²) in [7, 11) is 0. The van der Waals surface area contributed by atoms with E-state index in [4.69, 9.17) is 0 Å². The number of amides is 1. The summed E-state index contributed by atoms with van der Waals surface area (Å²) < 4.78 is 13.5. The minimum atomic E-state index is -0.445. The van der Waals surface area contributed by atoms with Crippen molar-refractivity contribution in [3.05, 3.63) is 59.4 Å². The van der Waals surface area contributed by atoms with Crippen molar-refractivity contribution in [2.24, 2.45) is 0 Å². The van der Waals surface area contributed by atoms with E-state index in [9.17, 15) is 9.18 Å². The van der Waals surface area contributed by atoms with E-state index in [2.05, 4.69) is 17.9 Å². The lowest BCUT2D eigenvalue weighted by molar-refractivity contribution is 0.102. The number of hydrogen-bond donors (Lipinski definition) is 2. The molecule has 2 aromatic rings. The van der Waals surface area contributed by atoms with Crippen molar-refractivity contribution in [2.45, 2.75) is 11.8 Å². The zero-order valence-electron chi connectivity index (χ0n) is 9.77. The molecule has 0 atom stereocenters. The Morgan fingerprint density at radius 3 is 2.50 bits per heavy atom. The molecule has 0 aromatic heterocycles. The van der Waals surface area contributed by atoms with Crippen molar-refractivity contribution in [1.29, 1.82) is 0 Å². The summed E-state index contributed by atoms with van der Waals surface area (Å²) in [6, 6.07) is 11.3. The molecule has 0 saturated heterocycles. The Labute approximate surface area is 110 Å². The van der Waals surface area contributed by atoms with Gasteiger partial charge >= 0.3 is 0 Å². The number of carbonyl (C=O) groups excluding carboxylic acids is 1. The molecule has 0 fully saturated rings. The molecule has 2 aromatic carbocycles. The Morgan fingerprint density at radius 1 is 1.17 bits per heavy atom. The van der Waals surface area contributed by atoms with E-state index in [0.717, 1.165) is 10.5 Å². The molecule has 0 radical (unpaired) electrons. The molecule has 1 amide bonds. The van der Waals surface area contributed by atoms with Crippen molar-refractivity contribution < 1.29 is 9.18 Å². The van der Waals surface area contributed by atoms with Gasteiger partial charge in [-0.25, -0.2) is 4.39 Å². The molecule has 1 N–H and O–H groups in total. The van der Waals surface area contributed by atoms with Gasteiger partial charge in [-0.2, -0.15) is 0 Å². The molecule has 0 unspecified atom stereocenters. The van der Waals surface area contributed by atoms with Crippen molar-refractivity contribution in [2.75, 3.05) is 5.32 Å². The van der Waals surface area contributed by atoms with Gasteiger partial charge in [0.05, 0.1) is 5.69 Å². The topological polar surface area (TPSA) is 29.1 Å². The van der Waals surface area contributed by atoms with Gasteiger partial charge in [-0.1, -0.05) is 6.07 Å². The number of rotatable bonds is 2. The fourth-order valence-electron chi connectivity index (χ4n) is 1.54. The van der Waals surface area contributed by atoms with Gasteiger partial charge in [0.1, 0.15) is 5.82 Å². The number of thiol groups is 1. The summed E-state index contributed by atoms with van der Waals surface area (Å²) in [4.78, 5) is 12.7. The van der Waals surface area contributed by atoms with Crippen LogP contribution >= 0.6 is 12.6 Å². The highest BCUT2D eigenvalue weighted by Gasteiger charge is 2.09. The minimum absolute atomic E-state index is 0.190. The first-order chi connectivity index (χ1) is 8.56. The molecule has 0 spiro atoms. The summed E-state index contributed by atoms with van der Waals surface area (Å²) >= 11 is 4.14. The third kappa shape index (κ3) is 2.90. The summed E-state index contributed by atoms with van der Waals surface area (Å²) in [5.74, 6) is -0.785. The van der Waals surface area contributed by atoms with Gasteiger partial charge in [-0.05, 0) is 48.9 Å². The van der Waals surface area contributed by atoms with Crippen LogP contribution in [0.2, 0.25) is 0 Å². The highest BCUT2D eigenvalue weighted by Crippen LogP contribution is 2.17. The Bertz CT molecular complexity index is 581. The van der Waals surface area contributed by atoms with Crippen LogP contribution in [0.5, 0.6) is 0 Å². The molecule has 92 valence electrons. The highest BCUT2D eigenvalue weighted by molar-refractivity contribution is 7.80. The van der Waals surface area contributed by atoms with Crippen molar-refractivity contribution in [1.82, 2.24) is 0 Å². The zero-order chi connectivity index (χ0) is 13.1. The number of nitrogens with one attached hydrogen (secondary N) is 1. The predicted molar refractivity (Wildman–Crippen MR) is 72.8 cm³/mol. The second kappa shape index (κ2) is 5.23. The lowest BCUT2D eigenvalue weighted by atomic mass is 10.2. The molecule has 0 bridgehead atoms. The maximum Gasteiger partial charge on any atom is 0.255 e. The minimum Gasteiger partial charge on any atom is -0.319 e. The SMILES string of the molecule is Cc1ccc(F)c(NC(=O)c2ccc(S)cc2)c1. The number of halogens is 1. The van der Waals surface area contributed by atoms with E-state index in [1.165, 1.54) is 6.07 Å². The van der Waals surface area contributed by atoms with Gasteiger partial charge in [-0.3, -0.25) is 4.79 Å². The second-order valence-corrected chi connectivity index (χ2v) is 4.50. The third-order valence-electron chi connectivity index (χ3n) is 2.50. The van der Waals surface area contributed by atoms with Crippen molar-refractivity contribution >= 4 is 24.2 Å². The molecule has 2 nitrogen and oxygen atoms in total. The number of aryl methyl sites for hydroxylation is 1. The lowest BCUT2D eigenvalue weighted by Gasteiger charge is -2.07. The summed E-state index contributed by atoms with van der Waals surface area (Å²) in [5.41, 5.74) is 1.54. The van der Waals surface area contributed by atoms with Gasteiger partial charge in [0.15, 0.2) is 0 Å². The van der Waals surface area contributed by atoms with Gasteiger partial charge in [0.2, 0.25) is 0 Å². The highest BCUT2D eigenvalue weighted by atomic mass is 32.1. The number of hydrogen-bond acceptors (Lipinski definition) is 2. The van der Waals surface area contributed by atoms with Crippen LogP contribution < -0.4 is 5.32 Å². The molecule has 18 heavy (non-hydrogen) atoms. The van der Waals surface area contributed by atoms with Crippen LogP contribution in [0.1, 0.15) is 15.9 Å². The van der Waals surface area contributed by atoms with E-state index in [0.29, 0.717) is 5.56 Å². The molecule has 0 saturated carbocycles. The second-order valence-electron chi connectivity index (χ2n) is 3.98. The first kappa shape index (κ1) is 12.6. The van der Waals surface area contributed by atoms with E-state index in [1.54, 1.807) is 36.4 Å². The molecule has 0 aliphatic carbocycles. The predicted octanol–water partition coefficient (Wildman–Crippen LogP) is 3.68. The fraction of sp³-hybridized carbons (Fsp3) is 0.0714. The van der Waals surface area contributed by atoms with E-state index >= 15 is 0 Å². The Morgan fingerprint density at radius 2 is 1.83 bits per heavy atom. The van der Waals surface area contributed by atoms with Crippen LogP contribution in [0.3, 0.4) is 0 Å². The van der Waals surface area contributed by atoms with E-state index in [-0.39, 0.29) is 11.6 Å². The quantitative estimate of drug-likeness (QED) is 0.793. The van der Waals surface area contributed by atoms with Crippen LogP contribution in [0.15, 0.2) is 47.4 Å². The van der Waals surface area contributed by atoms with Gasteiger partial charge in [0.25, 0.3) is 5.91 Å². The van der Waals surface area contributed by atoms with Crippen molar-refractivity contribution in [3.8, 4) is 0 Å². The number of anilines is 1. The molecule has 2 rings (SSSR count). The number of benzene rings is 2. The standard InChI is InChI=1S/C14H12FNOS/c1-9-2-7-12(15)13(8-9)16-14(17)10-3-5-11(18)6-4-10/h2-8,18H,1H3,(H,16,17). The lowest BCUT2D eigenvalue weighted by Crippen LogP contribution is -2.12. The summed E-state index contributed by atoms with van der Waals surface area (Å²) in [6.07, 6.45) is 0. The first-order valence-corrected chi connectivity index (χ1v) is 5.87. The van der Waals surface area contributed by atoms with Crippen LogP contribution in [-0.4, -0.2) is 5.91 Å². The normalized spacial score (nSPS) is 10.2. The average Bonchev–Trinajstić information content (AvgIpc) is 2.34. The monoisotopic (exact) mass is 261 g/mol. The average molecular weight is 261 g/mol. The van der Waals surface area contributed by atoms with Crippen LogP contribution in [0, 0.1) is 12.7 Å². The number of carbonyl (C=O) groups is 1. The smallest absolute Gasteiger partial charge is 0.255 e.